The molecule has 0 bridgehead atoms. The molecule has 1 aromatic rings. The molecule has 9 nitrogen and oxygen atoms in total. The van der Waals surface area contributed by atoms with Crippen LogP contribution in [0.5, 0.6) is 11.5 Å². The normalized spacial score (nSPS) is 26.1. The molecule has 0 saturated heterocycles. The van der Waals surface area contributed by atoms with Crippen molar-refractivity contribution in [3.8, 4) is 11.5 Å². The number of fused-ring (bicyclic) bond motifs is 3. The van der Waals surface area contributed by atoms with E-state index in [9.17, 15) is 24.6 Å². The Balaban J connectivity index is 1.50. The third kappa shape index (κ3) is 5.31. The largest absolute Gasteiger partial charge is 0.493 e. The molecule has 1 heterocycles. The fourth-order valence-electron chi connectivity index (χ4n) is 6.30. The maximum Gasteiger partial charge on any atom is 0.247 e. The Labute approximate surface area is 223 Å². The highest BCUT2D eigenvalue weighted by Gasteiger charge is 2.51. The molecule has 0 aromatic heterocycles. The number of nitrogens with zero attached hydrogens (tertiary/aromatic N) is 1. The third-order valence-electron chi connectivity index (χ3n) is 8.48. The number of benzene rings is 1. The molecule has 4 aliphatic rings. The molecular weight excluding hydrogens is 488 g/mol. The van der Waals surface area contributed by atoms with Crippen molar-refractivity contribution in [2.24, 2.45) is 11.8 Å². The van der Waals surface area contributed by atoms with Crippen LogP contribution in [0.3, 0.4) is 0 Å². The standard InChI is InChI=1S/C29H38N2O7/c1-37-23-13-19(16-33)12-20-25-21(29(36)30-10-11-32)14-22(26(35)28(25)38-27(20)23)31(15-18-6-7-18)24(34)9-8-17-4-2-3-5-17/h12-14,16-18,22,25-26,28,32,35H,2-11,15H2,1H3,(H,30,36)/t22-,25+,26+,28+/m1/s1. The monoisotopic (exact) mass is 526 g/mol. The summed E-state index contributed by atoms with van der Waals surface area (Å²) < 4.78 is 11.7. The number of aldehydes is 1. The molecule has 2 fully saturated rings. The first-order valence-electron chi connectivity index (χ1n) is 13.9. The molecule has 0 spiro atoms. The van der Waals surface area contributed by atoms with Crippen LogP contribution in [0.15, 0.2) is 23.8 Å². The number of ether oxygens (including phenoxy) is 2. The van der Waals surface area contributed by atoms with E-state index in [-0.39, 0.29) is 19.1 Å². The minimum atomic E-state index is -1.08. The molecular formula is C29H38N2O7. The van der Waals surface area contributed by atoms with Crippen LogP contribution in [0.25, 0.3) is 0 Å². The van der Waals surface area contributed by atoms with Crippen LogP contribution in [-0.2, 0) is 9.59 Å². The van der Waals surface area contributed by atoms with Gasteiger partial charge in [-0.15, -0.1) is 0 Å². The SMILES string of the molecule is COc1cc(C=O)cc2c1O[C@@H]1[C@@H](O)[C@H](N(CC3CC3)C(=O)CCC3CCCC3)C=C(C(=O)NCCO)[C@H]21. The summed E-state index contributed by atoms with van der Waals surface area (Å²) >= 11 is 0. The van der Waals surface area contributed by atoms with Crippen molar-refractivity contribution in [2.45, 2.75) is 75.5 Å². The lowest BCUT2D eigenvalue weighted by Crippen LogP contribution is -2.56. The van der Waals surface area contributed by atoms with Gasteiger partial charge in [-0.1, -0.05) is 25.7 Å². The van der Waals surface area contributed by atoms with Crippen molar-refractivity contribution in [3.63, 3.8) is 0 Å². The molecule has 0 unspecified atom stereocenters. The predicted octanol–water partition coefficient (Wildman–Crippen LogP) is 2.34. The Hall–Kier alpha value is -2.91. The highest BCUT2D eigenvalue weighted by molar-refractivity contribution is 5.96. The number of rotatable bonds is 11. The summed E-state index contributed by atoms with van der Waals surface area (Å²) in [6.07, 6.45) is 8.60. The molecule has 1 aromatic carbocycles. The van der Waals surface area contributed by atoms with Gasteiger partial charge in [0.15, 0.2) is 11.5 Å². The molecule has 2 amide bonds. The summed E-state index contributed by atoms with van der Waals surface area (Å²) in [5.74, 6) is 0.643. The van der Waals surface area contributed by atoms with Crippen molar-refractivity contribution >= 4 is 18.1 Å². The van der Waals surface area contributed by atoms with Crippen LogP contribution in [0.4, 0.5) is 0 Å². The van der Waals surface area contributed by atoms with Gasteiger partial charge in [-0.3, -0.25) is 14.4 Å². The molecule has 206 valence electrons. The maximum atomic E-state index is 13.6. The molecule has 2 saturated carbocycles. The zero-order valence-electron chi connectivity index (χ0n) is 21.9. The van der Waals surface area contributed by atoms with E-state index < -0.39 is 30.1 Å². The van der Waals surface area contributed by atoms with E-state index in [1.807, 2.05) is 0 Å². The smallest absolute Gasteiger partial charge is 0.247 e. The maximum absolute atomic E-state index is 13.6. The summed E-state index contributed by atoms with van der Waals surface area (Å²) in [5, 5.41) is 23.7. The molecule has 4 atom stereocenters. The summed E-state index contributed by atoms with van der Waals surface area (Å²) in [6.45, 7) is 0.386. The zero-order valence-corrected chi connectivity index (χ0v) is 21.9. The Morgan fingerprint density at radius 3 is 2.61 bits per heavy atom. The summed E-state index contributed by atoms with van der Waals surface area (Å²) in [5.41, 5.74) is 1.31. The molecule has 0 radical (unpaired) electrons. The van der Waals surface area contributed by atoms with Crippen LogP contribution in [0, 0.1) is 11.8 Å². The average molecular weight is 527 g/mol. The lowest BCUT2D eigenvalue weighted by Gasteiger charge is -2.41. The molecule has 3 aliphatic carbocycles. The molecule has 3 N–H and O–H groups in total. The van der Waals surface area contributed by atoms with E-state index in [1.165, 1.54) is 20.0 Å². The average Bonchev–Trinajstić information content (AvgIpc) is 3.43. The van der Waals surface area contributed by atoms with Crippen molar-refractivity contribution in [2.75, 3.05) is 26.8 Å². The highest BCUT2D eigenvalue weighted by Crippen LogP contribution is 2.51. The van der Waals surface area contributed by atoms with E-state index in [4.69, 9.17) is 9.47 Å². The quantitative estimate of drug-likeness (QED) is 0.378. The lowest BCUT2D eigenvalue weighted by molar-refractivity contribution is -0.137. The van der Waals surface area contributed by atoms with Crippen LogP contribution in [-0.4, -0.2) is 78.3 Å². The number of aliphatic hydroxyl groups is 2. The van der Waals surface area contributed by atoms with Crippen molar-refractivity contribution in [3.05, 3.63) is 34.9 Å². The van der Waals surface area contributed by atoms with Gasteiger partial charge in [0.2, 0.25) is 11.8 Å². The Kier molecular flexibility index (Phi) is 8.04. The highest BCUT2D eigenvalue weighted by atomic mass is 16.5. The minimum absolute atomic E-state index is 0.00556. The first-order chi connectivity index (χ1) is 18.4. The predicted molar refractivity (Wildman–Crippen MR) is 139 cm³/mol. The van der Waals surface area contributed by atoms with Gasteiger partial charge in [0.1, 0.15) is 18.5 Å². The molecule has 1 aliphatic heterocycles. The second-order valence-electron chi connectivity index (χ2n) is 11.1. The first-order valence-corrected chi connectivity index (χ1v) is 13.9. The second kappa shape index (κ2) is 11.5. The number of hydrogen-bond acceptors (Lipinski definition) is 7. The number of carbonyl (C=O) groups excluding carboxylic acids is 3. The zero-order chi connectivity index (χ0) is 26.8. The summed E-state index contributed by atoms with van der Waals surface area (Å²) in [6, 6.07) is 2.49. The second-order valence-corrected chi connectivity index (χ2v) is 11.1. The first kappa shape index (κ1) is 26.7. The van der Waals surface area contributed by atoms with Crippen molar-refractivity contribution in [1.29, 1.82) is 0 Å². The Morgan fingerprint density at radius 1 is 1.18 bits per heavy atom. The molecule has 5 rings (SSSR count). The summed E-state index contributed by atoms with van der Waals surface area (Å²) in [7, 11) is 1.47. The number of hydrogen-bond donors (Lipinski definition) is 3. The van der Waals surface area contributed by atoms with Gasteiger partial charge in [0.25, 0.3) is 0 Å². The topological polar surface area (TPSA) is 125 Å². The van der Waals surface area contributed by atoms with Crippen LogP contribution < -0.4 is 14.8 Å². The summed E-state index contributed by atoms with van der Waals surface area (Å²) in [4.78, 5) is 40.4. The van der Waals surface area contributed by atoms with Gasteiger partial charge in [-0.05, 0) is 49.3 Å². The number of nitrogens with one attached hydrogen (secondary N) is 1. The number of methoxy groups -OCH3 is 1. The van der Waals surface area contributed by atoms with Crippen molar-refractivity contribution < 1.29 is 34.1 Å². The number of amides is 2. The molecule has 9 heteroatoms. The molecule has 38 heavy (non-hydrogen) atoms. The third-order valence-corrected chi connectivity index (χ3v) is 8.48. The van der Waals surface area contributed by atoms with E-state index in [2.05, 4.69) is 5.32 Å². The number of aliphatic hydroxyl groups excluding tert-OH is 2. The fraction of sp³-hybridized carbons (Fsp3) is 0.621. The van der Waals surface area contributed by atoms with Crippen LogP contribution >= 0.6 is 0 Å². The van der Waals surface area contributed by atoms with Gasteiger partial charge >= 0.3 is 0 Å². The number of carbonyl (C=O) groups is 3. The van der Waals surface area contributed by atoms with Gasteiger partial charge < -0.3 is 29.9 Å². The Bertz CT molecular complexity index is 1090. The van der Waals surface area contributed by atoms with E-state index in [0.29, 0.717) is 59.3 Å². The van der Waals surface area contributed by atoms with Gasteiger partial charge in [0, 0.05) is 36.2 Å². The van der Waals surface area contributed by atoms with E-state index in [0.717, 1.165) is 32.1 Å². The van der Waals surface area contributed by atoms with Crippen LogP contribution in [0.2, 0.25) is 0 Å². The fourth-order valence-corrected chi connectivity index (χ4v) is 6.30. The lowest BCUT2D eigenvalue weighted by atomic mass is 9.77. The van der Waals surface area contributed by atoms with E-state index in [1.54, 1.807) is 23.1 Å². The van der Waals surface area contributed by atoms with Crippen LogP contribution in [0.1, 0.15) is 73.2 Å². The van der Waals surface area contributed by atoms with Gasteiger partial charge in [-0.2, -0.15) is 0 Å². The van der Waals surface area contributed by atoms with Crippen molar-refractivity contribution in [1.82, 2.24) is 10.2 Å². The van der Waals surface area contributed by atoms with Gasteiger partial charge in [0.05, 0.1) is 25.7 Å². The minimum Gasteiger partial charge on any atom is -0.493 e. The Morgan fingerprint density at radius 2 is 1.95 bits per heavy atom. The van der Waals surface area contributed by atoms with E-state index >= 15 is 0 Å². The van der Waals surface area contributed by atoms with Gasteiger partial charge in [-0.25, -0.2) is 0 Å².